The molecule has 1 aromatic carbocycles. The van der Waals surface area contributed by atoms with Crippen molar-refractivity contribution in [3.05, 3.63) is 53.1 Å². The maximum Gasteiger partial charge on any atom is 0.227 e. The fraction of sp³-hybridized carbons (Fsp3) is 0.500. The Morgan fingerprint density at radius 3 is 2.68 bits per heavy atom. The van der Waals surface area contributed by atoms with E-state index in [0.717, 1.165) is 50.5 Å². The van der Waals surface area contributed by atoms with Crippen molar-refractivity contribution < 1.29 is 4.79 Å². The molecule has 1 aliphatic heterocycles. The highest BCUT2D eigenvalue weighted by molar-refractivity contribution is 5.78. The lowest BCUT2D eigenvalue weighted by Crippen LogP contribution is -2.36. The number of nitrogens with zero attached hydrogens (tertiary/aromatic N) is 4. The minimum Gasteiger partial charge on any atom is -0.341 e. The van der Waals surface area contributed by atoms with Crippen molar-refractivity contribution in [3.8, 4) is 0 Å². The van der Waals surface area contributed by atoms with Crippen LogP contribution in [0.3, 0.4) is 0 Å². The van der Waals surface area contributed by atoms with Crippen LogP contribution in [0.1, 0.15) is 28.9 Å². The van der Waals surface area contributed by atoms with Crippen LogP contribution in [0.5, 0.6) is 0 Å². The van der Waals surface area contributed by atoms with E-state index in [-0.39, 0.29) is 5.91 Å². The standard InChI is InChI=1S/C20H28N4O/c1-16-5-6-18(13-17(16)2)14-20(25)24-9-4-8-23(11-12-24)15-19-21-7-10-22(19)3/h5-7,10,13H,4,8-9,11-12,14-15H2,1-3H3. The Kier molecular flexibility index (Phi) is 5.53. The summed E-state index contributed by atoms with van der Waals surface area (Å²) in [7, 11) is 2.03. The normalized spacial score (nSPS) is 16.0. The third kappa shape index (κ3) is 4.48. The third-order valence-electron chi connectivity index (χ3n) is 5.15. The molecule has 0 radical (unpaired) electrons. The van der Waals surface area contributed by atoms with E-state index in [2.05, 4.69) is 46.5 Å². The second-order valence-corrected chi connectivity index (χ2v) is 7.06. The van der Waals surface area contributed by atoms with Crippen molar-refractivity contribution in [2.75, 3.05) is 26.2 Å². The van der Waals surface area contributed by atoms with E-state index in [1.54, 1.807) is 0 Å². The molecule has 0 saturated carbocycles. The Morgan fingerprint density at radius 2 is 1.96 bits per heavy atom. The average Bonchev–Trinajstić information content (AvgIpc) is 2.84. The fourth-order valence-electron chi connectivity index (χ4n) is 3.33. The molecule has 1 saturated heterocycles. The number of rotatable bonds is 4. The van der Waals surface area contributed by atoms with E-state index >= 15 is 0 Å². The number of aryl methyl sites for hydroxylation is 3. The van der Waals surface area contributed by atoms with Gasteiger partial charge in [0.15, 0.2) is 0 Å². The summed E-state index contributed by atoms with van der Waals surface area (Å²) in [4.78, 5) is 21.5. The molecule has 0 N–H and O–H groups in total. The first-order chi connectivity index (χ1) is 12.0. The molecule has 1 amide bonds. The first-order valence-corrected chi connectivity index (χ1v) is 9.05. The number of hydrogen-bond donors (Lipinski definition) is 0. The summed E-state index contributed by atoms with van der Waals surface area (Å²) in [5.74, 6) is 1.32. The number of aromatic nitrogens is 2. The highest BCUT2D eigenvalue weighted by atomic mass is 16.2. The molecule has 3 rings (SSSR count). The van der Waals surface area contributed by atoms with Gasteiger partial charge in [0.2, 0.25) is 5.91 Å². The smallest absolute Gasteiger partial charge is 0.227 e. The van der Waals surface area contributed by atoms with Gasteiger partial charge in [-0.2, -0.15) is 0 Å². The number of carbonyl (C=O) groups excluding carboxylic acids is 1. The van der Waals surface area contributed by atoms with Gasteiger partial charge in [-0.15, -0.1) is 0 Å². The molecule has 1 aliphatic rings. The maximum atomic E-state index is 12.7. The van der Waals surface area contributed by atoms with Crippen LogP contribution in [-0.2, 0) is 24.8 Å². The Bertz CT molecular complexity index is 737. The minimum absolute atomic E-state index is 0.238. The molecule has 25 heavy (non-hydrogen) atoms. The molecule has 0 atom stereocenters. The van der Waals surface area contributed by atoms with Crippen LogP contribution in [0.25, 0.3) is 0 Å². The van der Waals surface area contributed by atoms with Gasteiger partial charge in [0.25, 0.3) is 0 Å². The molecule has 0 aliphatic carbocycles. The predicted molar refractivity (Wildman–Crippen MR) is 99.3 cm³/mol. The highest BCUT2D eigenvalue weighted by Gasteiger charge is 2.20. The topological polar surface area (TPSA) is 41.4 Å². The Labute approximate surface area is 150 Å². The quantitative estimate of drug-likeness (QED) is 0.858. The van der Waals surface area contributed by atoms with Crippen LogP contribution in [0.2, 0.25) is 0 Å². The van der Waals surface area contributed by atoms with Crippen LogP contribution in [0, 0.1) is 13.8 Å². The number of amides is 1. The van der Waals surface area contributed by atoms with Gasteiger partial charge in [0.05, 0.1) is 13.0 Å². The second kappa shape index (κ2) is 7.83. The van der Waals surface area contributed by atoms with Gasteiger partial charge in [-0.3, -0.25) is 9.69 Å². The number of carbonyl (C=O) groups is 1. The Morgan fingerprint density at radius 1 is 1.12 bits per heavy atom. The van der Waals surface area contributed by atoms with Gasteiger partial charge < -0.3 is 9.47 Å². The van der Waals surface area contributed by atoms with E-state index in [1.807, 2.05) is 24.3 Å². The molecule has 1 aromatic heterocycles. The lowest BCUT2D eigenvalue weighted by Gasteiger charge is -2.22. The van der Waals surface area contributed by atoms with Crippen LogP contribution >= 0.6 is 0 Å². The molecule has 1 fully saturated rings. The van der Waals surface area contributed by atoms with E-state index in [4.69, 9.17) is 0 Å². The zero-order chi connectivity index (χ0) is 17.8. The van der Waals surface area contributed by atoms with Crippen molar-refractivity contribution in [1.29, 1.82) is 0 Å². The lowest BCUT2D eigenvalue weighted by atomic mass is 10.0. The molecule has 5 nitrogen and oxygen atoms in total. The van der Waals surface area contributed by atoms with Gasteiger partial charge in [-0.25, -0.2) is 4.98 Å². The van der Waals surface area contributed by atoms with Crippen molar-refractivity contribution >= 4 is 5.91 Å². The summed E-state index contributed by atoms with van der Waals surface area (Å²) in [5, 5.41) is 0. The van der Waals surface area contributed by atoms with E-state index < -0.39 is 0 Å². The fourth-order valence-corrected chi connectivity index (χ4v) is 3.33. The van der Waals surface area contributed by atoms with Crippen LogP contribution in [0.4, 0.5) is 0 Å². The minimum atomic E-state index is 0.238. The third-order valence-corrected chi connectivity index (χ3v) is 5.15. The molecule has 2 aromatic rings. The molecule has 2 heterocycles. The molecule has 134 valence electrons. The first kappa shape index (κ1) is 17.7. The molecular formula is C20H28N4O. The summed E-state index contributed by atoms with van der Waals surface area (Å²) in [6.45, 7) is 8.62. The SMILES string of the molecule is Cc1ccc(CC(=O)N2CCCN(Cc3nccn3C)CC2)cc1C. The van der Waals surface area contributed by atoms with Crippen molar-refractivity contribution in [1.82, 2.24) is 19.4 Å². The van der Waals surface area contributed by atoms with Gasteiger partial charge in [-0.05, 0) is 37.0 Å². The molecule has 5 heteroatoms. The largest absolute Gasteiger partial charge is 0.341 e. The summed E-state index contributed by atoms with van der Waals surface area (Å²) in [6.07, 6.45) is 5.34. The number of hydrogen-bond acceptors (Lipinski definition) is 3. The summed E-state index contributed by atoms with van der Waals surface area (Å²) in [5.41, 5.74) is 3.64. The van der Waals surface area contributed by atoms with Gasteiger partial charge in [0, 0.05) is 45.6 Å². The highest BCUT2D eigenvalue weighted by Crippen LogP contribution is 2.13. The van der Waals surface area contributed by atoms with Crippen molar-refractivity contribution in [2.45, 2.75) is 33.2 Å². The van der Waals surface area contributed by atoms with Gasteiger partial charge in [-0.1, -0.05) is 18.2 Å². The van der Waals surface area contributed by atoms with Crippen LogP contribution in [0.15, 0.2) is 30.6 Å². The average molecular weight is 340 g/mol. The molecular weight excluding hydrogens is 312 g/mol. The molecule has 0 spiro atoms. The molecule has 0 unspecified atom stereocenters. The Hall–Kier alpha value is -2.14. The van der Waals surface area contributed by atoms with E-state index in [9.17, 15) is 4.79 Å². The zero-order valence-electron chi connectivity index (χ0n) is 15.5. The molecule has 0 bridgehead atoms. The summed E-state index contributed by atoms with van der Waals surface area (Å²) < 4.78 is 2.06. The van der Waals surface area contributed by atoms with Crippen LogP contribution < -0.4 is 0 Å². The first-order valence-electron chi connectivity index (χ1n) is 9.05. The van der Waals surface area contributed by atoms with E-state index in [1.165, 1.54) is 11.1 Å². The van der Waals surface area contributed by atoms with E-state index in [0.29, 0.717) is 6.42 Å². The summed E-state index contributed by atoms with van der Waals surface area (Å²) in [6, 6.07) is 6.32. The summed E-state index contributed by atoms with van der Waals surface area (Å²) >= 11 is 0. The number of benzene rings is 1. The second-order valence-electron chi connectivity index (χ2n) is 7.06. The number of imidazole rings is 1. The maximum absolute atomic E-state index is 12.7. The monoisotopic (exact) mass is 340 g/mol. The van der Waals surface area contributed by atoms with Crippen LogP contribution in [-0.4, -0.2) is 51.4 Å². The lowest BCUT2D eigenvalue weighted by molar-refractivity contribution is -0.130. The van der Waals surface area contributed by atoms with Crippen molar-refractivity contribution in [2.24, 2.45) is 7.05 Å². The van der Waals surface area contributed by atoms with Gasteiger partial charge in [0.1, 0.15) is 5.82 Å². The predicted octanol–water partition coefficient (Wildman–Crippen LogP) is 2.31. The zero-order valence-corrected chi connectivity index (χ0v) is 15.5. The van der Waals surface area contributed by atoms with Gasteiger partial charge >= 0.3 is 0 Å². The van der Waals surface area contributed by atoms with Crippen molar-refractivity contribution in [3.63, 3.8) is 0 Å². The Balaban J connectivity index is 1.55.